The van der Waals surface area contributed by atoms with Gasteiger partial charge >= 0.3 is 0 Å². The Morgan fingerprint density at radius 3 is 3.00 bits per heavy atom. The Kier molecular flexibility index (Phi) is 4.15. The van der Waals surface area contributed by atoms with Crippen LogP contribution in [0.3, 0.4) is 0 Å². The highest BCUT2D eigenvalue weighted by molar-refractivity contribution is 5.14. The first kappa shape index (κ1) is 12.5. The number of nitrogens with zero attached hydrogens (tertiary/aromatic N) is 3. The fraction of sp³-hybridized carbons (Fsp3) is 0.750. The van der Waals surface area contributed by atoms with Gasteiger partial charge in [-0.05, 0) is 13.6 Å². The standard InChI is InChI=1S/C12H22N4O/c1-4-16-5-6-17-11(8-13-2)12(16)10-7-14-15(3)9-10/h7,9,11-13H,4-6,8H2,1-3H3. The van der Waals surface area contributed by atoms with E-state index < -0.39 is 0 Å². The number of hydrogen-bond donors (Lipinski definition) is 1. The van der Waals surface area contributed by atoms with E-state index in [4.69, 9.17) is 4.74 Å². The molecule has 1 fully saturated rings. The van der Waals surface area contributed by atoms with Crippen molar-refractivity contribution >= 4 is 0 Å². The first-order valence-corrected chi connectivity index (χ1v) is 6.25. The molecule has 2 rings (SSSR count). The van der Waals surface area contributed by atoms with Crippen LogP contribution in [0.15, 0.2) is 12.4 Å². The lowest BCUT2D eigenvalue weighted by atomic mass is 10.0. The summed E-state index contributed by atoms with van der Waals surface area (Å²) in [6, 6.07) is 0.315. The zero-order valence-corrected chi connectivity index (χ0v) is 10.9. The summed E-state index contributed by atoms with van der Waals surface area (Å²) in [4.78, 5) is 2.46. The van der Waals surface area contributed by atoms with Gasteiger partial charge in [-0.3, -0.25) is 9.58 Å². The van der Waals surface area contributed by atoms with Crippen molar-refractivity contribution in [1.82, 2.24) is 20.0 Å². The van der Waals surface area contributed by atoms with Gasteiger partial charge in [0.15, 0.2) is 0 Å². The third-order valence-electron chi connectivity index (χ3n) is 3.33. The van der Waals surface area contributed by atoms with E-state index in [0.717, 1.165) is 26.2 Å². The summed E-state index contributed by atoms with van der Waals surface area (Å²) in [5.41, 5.74) is 1.24. The molecule has 1 aliphatic rings. The lowest BCUT2D eigenvalue weighted by Gasteiger charge is -2.40. The monoisotopic (exact) mass is 238 g/mol. The molecule has 1 N–H and O–H groups in total. The van der Waals surface area contributed by atoms with Gasteiger partial charge in [0, 0.05) is 31.9 Å². The van der Waals surface area contributed by atoms with Gasteiger partial charge in [0.25, 0.3) is 0 Å². The highest BCUT2D eigenvalue weighted by Gasteiger charge is 2.32. The van der Waals surface area contributed by atoms with E-state index in [2.05, 4.69) is 28.4 Å². The van der Waals surface area contributed by atoms with Crippen LogP contribution < -0.4 is 5.32 Å². The second-order valence-corrected chi connectivity index (χ2v) is 4.49. The number of rotatable bonds is 4. The summed E-state index contributed by atoms with van der Waals surface area (Å²) in [7, 11) is 3.92. The summed E-state index contributed by atoms with van der Waals surface area (Å²) in [6.07, 6.45) is 4.24. The summed E-state index contributed by atoms with van der Waals surface area (Å²) in [6.45, 7) is 5.93. The SMILES string of the molecule is CCN1CCOC(CNC)C1c1cnn(C)c1. The van der Waals surface area contributed by atoms with Gasteiger partial charge in [-0.25, -0.2) is 0 Å². The van der Waals surface area contributed by atoms with Crippen LogP contribution in [0.25, 0.3) is 0 Å². The molecule has 1 aromatic heterocycles. The normalized spacial score (nSPS) is 26.3. The first-order chi connectivity index (χ1) is 8.26. The molecular weight excluding hydrogens is 216 g/mol. The van der Waals surface area contributed by atoms with E-state index in [9.17, 15) is 0 Å². The molecule has 0 radical (unpaired) electrons. The molecule has 5 nitrogen and oxygen atoms in total. The molecule has 2 heterocycles. The van der Waals surface area contributed by atoms with Crippen LogP contribution in [0.4, 0.5) is 0 Å². The Morgan fingerprint density at radius 2 is 2.41 bits per heavy atom. The molecule has 0 amide bonds. The Morgan fingerprint density at radius 1 is 1.59 bits per heavy atom. The lowest BCUT2D eigenvalue weighted by Crippen LogP contribution is -2.48. The van der Waals surface area contributed by atoms with Crippen molar-refractivity contribution in [2.75, 3.05) is 33.3 Å². The number of nitrogens with one attached hydrogen (secondary N) is 1. The van der Waals surface area contributed by atoms with Crippen molar-refractivity contribution in [3.05, 3.63) is 18.0 Å². The van der Waals surface area contributed by atoms with Gasteiger partial charge < -0.3 is 10.1 Å². The second-order valence-electron chi connectivity index (χ2n) is 4.49. The maximum atomic E-state index is 5.89. The number of aromatic nitrogens is 2. The zero-order valence-electron chi connectivity index (χ0n) is 10.9. The first-order valence-electron chi connectivity index (χ1n) is 6.25. The third kappa shape index (κ3) is 2.68. The number of ether oxygens (including phenoxy) is 1. The molecule has 0 aromatic carbocycles. The summed E-state index contributed by atoms with van der Waals surface area (Å²) in [5, 5.41) is 7.48. The van der Waals surface area contributed by atoms with Crippen molar-refractivity contribution in [1.29, 1.82) is 0 Å². The molecule has 0 aliphatic carbocycles. The molecule has 1 aliphatic heterocycles. The van der Waals surface area contributed by atoms with Gasteiger partial charge in [0.1, 0.15) is 0 Å². The Labute approximate surface area is 103 Å². The second kappa shape index (κ2) is 5.62. The smallest absolute Gasteiger partial charge is 0.0897 e. The molecule has 0 saturated carbocycles. The average Bonchev–Trinajstić information content (AvgIpc) is 2.75. The highest BCUT2D eigenvalue weighted by atomic mass is 16.5. The number of aryl methyl sites for hydroxylation is 1. The Balaban J connectivity index is 2.21. The van der Waals surface area contributed by atoms with Crippen LogP contribution in [0.2, 0.25) is 0 Å². The van der Waals surface area contributed by atoms with E-state index in [-0.39, 0.29) is 6.10 Å². The van der Waals surface area contributed by atoms with Crippen LogP contribution in [-0.4, -0.2) is 54.1 Å². The van der Waals surface area contributed by atoms with Gasteiger partial charge in [0.05, 0.1) is 24.9 Å². The molecule has 0 spiro atoms. The minimum absolute atomic E-state index is 0.206. The van der Waals surface area contributed by atoms with Crippen LogP contribution in [-0.2, 0) is 11.8 Å². The molecule has 17 heavy (non-hydrogen) atoms. The topological polar surface area (TPSA) is 42.3 Å². The van der Waals surface area contributed by atoms with Crippen molar-refractivity contribution in [2.45, 2.75) is 19.1 Å². The van der Waals surface area contributed by atoms with E-state index >= 15 is 0 Å². The molecule has 2 unspecified atom stereocenters. The lowest BCUT2D eigenvalue weighted by molar-refractivity contribution is -0.0686. The minimum Gasteiger partial charge on any atom is -0.374 e. The largest absolute Gasteiger partial charge is 0.374 e. The number of morpholine rings is 1. The highest BCUT2D eigenvalue weighted by Crippen LogP contribution is 2.28. The van der Waals surface area contributed by atoms with Crippen LogP contribution in [0, 0.1) is 0 Å². The summed E-state index contributed by atoms with van der Waals surface area (Å²) in [5.74, 6) is 0. The summed E-state index contributed by atoms with van der Waals surface area (Å²) < 4.78 is 7.74. The van der Waals surface area contributed by atoms with Crippen molar-refractivity contribution < 1.29 is 4.74 Å². The van der Waals surface area contributed by atoms with Crippen molar-refractivity contribution in [3.8, 4) is 0 Å². The van der Waals surface area contributed by atoms with Crippen LogP contribution in [0.1, 0.15) is 18.5 Å². The van der Waals surface area contributed by atoms with E-state index in [0.29, 0.717) is 6.04 Å². The molecule has 1 aromatic rings. The molecule has 2 atom stereocenters. The van der Waals surface area contributed by atoms with Gasteiger partial charge in [-0.1, -0.05) is 6.92 Å². The molecular formula is C12H22N4O. The van der Waals surface area contributed by atoms with E-state index in [1.54, 1.807) is 0 Å². The zero-order chi connectivity index (χ0) is 12.3. The molecule has 96 valence electrons. The van der Waals surface area contributed by atoms with Gasteiger partial charge in [-0.2, -0.15) is 5.10 Å². The Bertz CT molecular complexity index is 350. The van der Waals surface area contributed by atoms with Crippen molar-refractivity contribution in [2.24, 2.45) is 7.05 Å². The molecule has 0 bridgehead atoms. The van der Waals surface area contributed by atoms with Gasteiger partial charge in [-0.15, -0.1) is 0 Å². The van der Waals surface area contributed by atoms with Crippen LogP contribution in [0.5, 0.6) is 0 Å². The molecule has 1 saturated heterocycles. The third-order valence-corrected chi connectivity index (χ3v) is 3.33. The van der Waals surface area contributed by atoms with E-state index in [1.165, 1.54) is 5.56 Å². The predicted octanol–water partition coefficient (Wildman–Crippen LogP) is 0.401. The maximum absolute atomic E-state index is 5.89. The van der Waals surface area contributed by atoms with Gasteiger partial charge in [0.2, 0.25) is 0 Å². The van der Waals surface area contributed by atoms with E-state index in [1.807, 2.05) is 25.0 Å². The molecule has 5 heteroatoms. The average molecular weight is 238 g/mol. The Hall–Kier alpha value is -0.910. The maximum Gasteiger partial charge on any atom is 0.0897 e. The number of hydrogen-bond acceptors (Lipinski definition) is 4. The number of likely N-dealkylation sites (N-methyl/N-ethyl adjacent to an activating group) is 2. The van der Waals surface area contributed by atoms with Crippen molar-refractivity contribution in [3.63, 3.8) is 0 Å². The summed E-state index contributed by atoms with van der Waals surface area (Å²) >= 11 is 0. The fourth-order valence-electron chi connectivity index (χ4n) is 2.53. The van der Waals surface area contributed by atoms with Crippen LogP contribution >= 0.6 is 0 Å². The minimum atomic E-state index is 0.206. The fourth-order valence-corrected chi connectivity index (χ4v) is 2.53. The quantitative estimate of drug-likeness (QED) is 0.824. The predicted molar refractivity (Wildman–Crippen MR) is 66.9 cm³/mol.